The first kappa shape index (κ1) is 12.3. The molecule has 1 atom stereocenters. The van der Waals surface area contributed by atoms with Crippen molar-refractivity contribution in [1.82, 2.24) is 10.3 Å². The molecule has 1 aromatic rings. The van der Waals surface area contributed by atoms with E-state index in [1.54, 1.807) is 20.0 Å². The third-order valence-corrected chi connectivity index (χ3v) is 2.96. The van der Waals surface area contributed by atoms with Crippen LogP contribution >= 0.6 is 0 Å². The molecule has 0 radical (unpaired) electrons. The smallest absolute Gasteiger partial charge is 0.219 e. The lowest BCUT2D eigenvalue weighted by Gasteiger charge is -2.26. The van der Waals surface area contributed by atoms with E-state index >= 15 is 0 Å². The van der Waals surface area contributed by atoms with Crippen LogP contribution in [0.15, 0.2) is 18.3 Å². The average molecular weight is 236 g/mol. The molecule has 17 heavy (non-hydrogen) atoms. The zero-order valence-electron chi connectivity index (χ0n) is 10.4. The van der Waals surface area contributed by atoms with Gasteiger partial charge in [-0.1, -0.05) is 0 Å². The third kappa shape index (κ3) is 3.17. The topological polar surface area (TPSA) is 54.4 Å². The van der Waals surface area contributed by atoms with Crippen LogP contribution in [0, 0.1) is 0 Å². The van der Waals surface area contributed by atoms with Gasteiger partial charge in [0.1, 0.15) is 6.10 Å². The standard InChI is InChI=1S/C13H20N2O2/c1-13(2,16)11-6-4-8-15-12(11)17-10-5-3-7-14-9-10/h4,6,8,10,14,16H,3,5,7,9H2,1-2H3. The average Bonchev–Trinajstić information content (AvgIpc) is 2.30. The first-order valence-electron chi connectivity index (χ1n) is 6.12. The van der Waals surface area contributed by atoms with E-state index in [0.29, 0.717) is 5.88 Å². The summed E-state index contributed by atoms with van der Waals surface area (Å²) in [5, 5.41) is 13.4. The third-order valence-electron chi connectivity index (χ3n) is 2.96. The number of piperidine rings is 1. The molecule has 1 aliphatic heterocycles. The lowest BCUT2D eigenvalue weighted by Crippen LogP contribution is -2.37. The van der Waals surface area contributed by atoms with Gasteiger partial charge in [0.25, 0.3) is 0 Å². The number of pyridine rings is 1. The second kappa shape index (κ2) is 5.02. The Hall–Kier alpha value is -1.13. The van der Waals surface area contributed by atoms with Crippen LogP contribution in [0.4, 0.5) is 0 Å². The van der Waals surface area contributed by atoms with Crippen LogP contribution in [0.25, 0.3) is 0 Å². The molecule has 1 fully saturated rings. The SMILES string of the molecule is CC(C)(O)c1cccnc1OC1CCCNC1. The monoisotopic (exact) mass is 236 g/mol. The molecule has 2 rings (SSSR count). The largest absolute Gasteiger partial charge is 0.473 e. The molecule has 0 amide bonds. The quantitative estimate of drug-likeness (QED) is 0.834. The molecule has 1 unspecified atom stereocenters. The van der Waals surface area contributed by atoms with Crippen LogP contribution in [0.2, 0.25) is 0 Å². The van der Waals surface area contributed by atoms with Crippen molar-refractivity contribution in [3.05, 3.63) is 23.9 Å². The Balaban J connectivity index is 2.14. The Morgan fingerprint density at radius 1 is 1.53 bits per heavy atom. The van der Waals surface area contributed by atoms with E-state index in [4.69, 9.17) is 4.74 Å². The maximum absolute atomic E-state index is 10.1. The molecular weight excluding hydrogens is 216 g/mol. The molecule has 4 nitrogen and oxygen atoms in total. The Morgan fingerprint density at radius 2 is 2.35 bits per heavy atom. The van der Waals surface area contributed by atoms with Gasteiger partial charge in [0.2, 0.25) is 5.88 Å². The van der Waals surface area contributed by atoms with E-state index in [1.807, 2.05) is 12.1 Å². The summed E-state index contributed by atoms with van der Waals surface area (Å²) in [6, 6.07) is 3.68. The number of nitrogens with one attached hydrogen (secondary N) is 1. The second-order valence-corrected chi connectivity index (χ2v) is 5.00. The fraction of sp³-hybridized carbons (Fsp3) is 0.615. The molecule has 0 spiro atoms. The molecule has 1 saturated heterocycles. The summed E-state index contributed by atoms with van der Waals surface area (Å²) in [7, 11) is 0. The van der Waals surface area contributed by atoms with Gasteiger partial charge < -0.3 is 15.2 Å². The van der Waals surface area contributed by atoms with Gasteiger partial charge in [-0.2, -0.15) is 0 Å². The zero-order valence-corrected chi connectivity index (χ0v) is 10.4. The summed E-state index contributed by atoms with van der Waals surface area (Å²) in [6.07, 6.45) is 4.00. The molecular formula is C13H20N2O2. The van der Waals surface area contributed by atoms with Crippen molar-refractivity contribution in [3.8, 4) is 5.88 Å². The molecule has 2 heterocycles. The minimum atomic E-state index is -0.925. The summed E-state index contributed by atoms with van der Waals surface area (Å²) in [6.45, 7) is 5.40. The van der Waals surface area contributed by atoms with Gasteiger partial charge in [-0.25, -0.2) is 4.98 Å². The first-order chi connectivity index (χ1) is 8.07. The van der Waals surface area contributed by atoms with Crippen LogP contribution in [-0.4, -0.2) is 29.3 Å². The second-order valence-electron chi connectivity index (χ2n) is 5.00. The van der Waals surface area contributed by atoms with Crippen LogP contribution < -0.4 is 10.1 Å². The van der Waals surface area contributed by atoms with Gasteiger partial charge in [0, 0.05) is 18.3 Å². The van der Waals surface area contributed by atoms with Gasteiger partial charge in [0.05, 0.1) is 5.60 Å². The Morgan fingerprint density at radius 3 is 3.00 bits per heavy atom. The van der Waals surface area contributed by atoms with E-state index in [9.17, 15) is 5.11 Å². The highest BCUT2D eigenvalue weighted by Gasteiger charge is 2.24. The molecule has 1 aromatic heterocycles. The molecule has 0 aromatic carbocycles. The molecule has 0 bridgehead atoms. The predicted molar refractivity (Wildman–Crippen MR) is 66.0 cm³/mol. The Labute approximate surface area is 102 Å². The number of rotatable bonds is 3. The number of ether oxygens (including phenoxy) is 1. The number of aliphatic hydroxyl groups is 1. The Bertz CT molecular complexity index is 368. The minimum absolute atomic E-state index is 0.153. The van der Waals surface area contributed by atoms with Crippen molar-refractivity contribution in [2.45, 2.75) is 38.4 Å². The van der Waals surface area contributed by atoms with Crippen LogP contribution in [-0.2, 0) is 5.60 Å². The van der Waals surface area contributed by atoms with E-state index in [0.717, 1.165) is 31.5 Å². The summed E-state index contributed by atoms with van der Waals surface area (Å²) in [4.78, 5) is 4.23. The van der Waals surface area contributed by atoms with E-state index in [1.165, 1.54) is 0 Å². The highest BCUT2D eigenvalue weighted by atomic mass is 16.5. The summed E-state index contributed by atoms with van der Waals surface area (Å²) in [5.41, 5.74) is -0.184. The maximum atomic E-state index is 10.1. The highest BCUT2D eigenvalue weighted by Crippen LogP contribution is 2.28. The van der Waals surface area contributed by atoms with Crippen LogP contribution in [0.1, 0.15) is 32.3 Å². The maximum Gasteiger partial charge on any atom is 0.219 e. The van der Waals surface area contributed by atoms with Gasteiger partial charge in [-0.05, 0) is 45.4 Å². The molecule has 2 N–H and O–H groups in total. The van der Waals surface area contributed by atoms with E-state index in [2.05, 4.69) is 10.3 Å². The van der Waals surface area contributed by atoms with Crippen molar-refractivity contribution in [3.63, 3.8) is 0 Å². The molecule has 4 heteroatoms. The molecule has 94 valence electrons. The summed E-state index contributed by atoms with van der Waals surface area (Å²) < 4.78 is 5.88. The molecule has 0 saturated carbocycles. The zero-order chi connectivity index (χ0) is 12.3. The predicted octanol–water partition coefficient (Wildman–Crippen LogP) is 1.44. The number of aromatic nitrogens is 1. The fourth-order valence-corrected chi connectivity index (χ4v) is 2.03. The normalized spacial score (nSPS) is 21.2. The van der Waals surface area contributed by atoms with Crippen molar-refractivity contribution in [2.24, 2.45) is 0 Å². The van der Waals surface area contributed by atoms with Crippen LogP contribution in [0.5, 0.6) is 5.88 Å². The lowest BCUT2D eigenvalue weighted by molar-refractivity contribution is 0.0691. The van der Waals surface area contributed by atoms with Gasteiger partial charge in [0.15, 0.2) is 0 Å². The lowest BCUT2D eigenvalue weighted by atomic mass is 10.00. The summed E-state index contributed by atoms with van der Waals surface area (Å²) in [5.74, 6) is 0.550. The fourth-order valence-electron chi connectivity index (χ4n) is 2.03. The van der Waals surface area contributed by atoms with Crippen molar-refractivity contribution in [2.75, 3.05) is 13.1 Å². The van der Waals surface area contributed by atoms with Crippen molar-refractivity contribution in [1.29, 1.82) is 0 Å². The van der Waals surface area contributed by atoms with Gasteiger partial charge >= 0.3 is 0 Å². The molecule has 1 aliphatic rings. The Kier molecular flexibility index (Phi) is 3.64. The number of nitrogens with zero attached hydrogens (tertiary/aromatic N) is 1. The summed E-state index contributed by atoms with van der Waals surface area (Å²) >= 11 is 0. The highest BCUT2D eigenvalue weighted by molar-refractivity contribution is 5.30. The molecule has 0 aliphatic carbocycles. The van der Waals surface area contributed by atoms with E-state index < -0.39 is 5.60 Å². The van der Waals surface area contributed by atoms with Crippen molar-refractivity contribution >= 4 is 0 Å². The van der Waals surface area contributed by atoms with Gasteiger partial charge in [-0.3, -0.25) is 0 Å². The van der Waals surface area contributed by atoms with E-state index in [-0.39, 0.29) is 6.10 Å². The van der Waals surface area contributed by atoms with Crippen LogP contribution in [0.3, 0.4) is 0 Å². The minimum Gasteiger partial charge on any atom is -0.473 e. The first-order valence-corrected chi connectivity index (χ1v) is 6.12. The number of hydrogen-bond donors (Lipinski definition) is 2. The van der Waals surface area contributed by atoms with Crippen molar-refractivity contribution < 1.29 is 9.84 Å². The number of hydrogen-bond acceptors (Lipinski definition) is 4. The van der Waals surface area contributed by atoms with Gasteiger partial charge in [-0.15, -0.1) is 0 Å².